The first-order valence-electron chi connectivity index (χ1n) is 6.74. The number of hydrogen-bond donors (Lipinski definition) is 1. The Labute approximate surface area is 108 Å². The summed E-state index contributed by atoms with van der Waals surface area (Å²) in [5.41, 5.74) is 2.31. The van der Waals surface area contributed by atoms with Gasteiger partial charge in [0.05, 0.1) is 0 Å². The molecule has 1 aliphatic rings. The lowest BCUT2D eigenvalue weighted by atomic mass is 9.84. The Morgan fingerprint density at radius 2 is 2.06 bits per heavy atom. The Balaban J connectivity index is 2.00. The fourth-order valence-corrected chi connectivity index (χ4v) is 2.72. The third-order valence-electron chi connectivity index (χ3n) is 3.62. The first-order chi connectivity index (χ1) is 8.74. The topological polar surface area (TPSA) is 37.3 Å². The first-order valence-corrected chi connectivity index (χ1v) is 6.74. The van der Waals surface area contributed by atoms with E-state index in [0.717, 1.165) is 17.9 Å². The van der Waals surface area contributed by atoms with Gasteiger partial charge in [-0.15, -0.1) is 0 Å². The van der Waals surface area contributed by atoms with Crippen LogP contribution < -0.4 is 0 Å². The van der Waals surface area contributed by atoms with E-state index in [1.54, 1.807) is 6.08 Å². The van der Waals surface area contributed by atoms with Gasteiger partial charge < -0.3 is 5.11 Å². The van der Waals surface area contributed by atoms with Gasteiger partial charge in [-0.05, 0) is 29.5 Å². The fraction of sp³-hybridized carbons (Fsp3) is 0.438. The zero-order valence-corrected chi connectivity index (χ0v) is 10.6. The maximum absolute atomic E-state index is 10.5. The molecule has 1 aromatic rings. The van der Waals surface area contributed by atoms with Crippen LogP contribution in [0.25, 0.3) is 6.08 Å². The van der Waals surface area contributed by atoms with Crippen molar-refractivity contribution in [2.75, 3.05) is 0 Å². The van der Waals surface area contributed by atoms with E-state index in [1.165, 1.54) is 43.7 Å². The lowest BCUT2D eigenvalue weighted by molar-refractivity contribution is -0.131. The average molecular weight is 244 g/mol. The van der Waals surface area contributed by atoms with E-state index in [1.807, 2.05) is 12.1 Å². The average Bonchev–Trinajstić information content (AvgIpc) is 2.38. The van der Waals surface area contributed by atoms with E-state index in [2.05, 4.69) is 12.1 Å². The Bertz CT molecular complexity index is 428. The summed E-state index contributed by atoms with van der Waals surface area (Å²) in [5, 5.41) is 8.62. The van der Waals surface area contributed by atoms with Crippen LogP contribution in [0.4, 0.5) is 0 Å². The van der Waals surface area contributed by atoms with Crippen LogP contribution >= 0.6 is 0 Å². The van der Waals surface area contributed by atoms with Gasteiger partial charge in [0.15, 0.2) is 0 Å². The van der Waals surface area contributed by atoms with Crippen molar-refractivity contribution in [1.82, 2.24) is 0 Å². The Hall–Kier alpha value is -1.57. The van der Waals surface area contributed by atoms with E-state index < -0.39 is 5.97 Å². The van der Waals surface area contributed by atoms with Crippen molar-refractivity contribution in [3.05, 3.63) is 41.5 Å². The second-order valence-electron chi connectivity index (χ2n) is 5.12. The predicted molar refractivity (Wildman–Crippen MR) is 73.4 cm³/mol. The molecule has 0 aliphatic heterocycles. The molecule has 2 rings (SSSR count). The molecule has 1 N–H and O–H groups in total. The molecule has 0 bridgehead atoms. The van der Waals surface area contributed by atoms with Crippen molar-refractivity contribution < 1.29 is 9.90 Å². The van der Waals surface area contributed by atoms with Crippen LogP contribution in [0.3, 0.4) is 0 Å². The van der Waals surface area contributed by atoms with Crippen molar-refractivity contribution in [2.45, 2.75) is 38.5 Å². The van der Waals surface area contributed by atoms with Crippen molar-refractivity contribution in [3.8, 4) is 0 Å². The van der Waals surface area contributed by atoms with E-state index >= 15 is 0 Å². The third kappa shape index (κ3) is 4.02. The molecular weight excluding hydrogens is 224 g/mol. The molecule has 0 atom stereocenters. The number of hydrogen-bond acceptors (Lipinski definition) is 1. The Kier molecular flexibility index (Phi) is 4.57. The molecule has 1 fully saturated rings. The largest absolute Gasteiger partial charge is 0.478 e. The predicted octanol–water partition coefficient (Wildman–Crippen LogP) is 3.91. The second kappa shape index (κ2) is 6.39. The van der Waals surface area contributed by atoms with Crippen LogP contribution in [-0.4, -0.2) is 11.1 Å². The Morgan fingerprint density at radius 3 is 2.78 bits per heavy atom. The van der Waals surface area contributed by atoms with Crippen molar-refractivity contribution >= 4 is 12.0 Å². The summed E-state index contributed by atoms with van der Waals surface area (Å²) in [6, 6.07) is 8.21. The van der Waals surface area contributed by atoms with Crippen molar-refractivity contribution in [1.29, 1.82) is 0 Å². The monoisotopic (exact) mass is 244 g/mol. The van der Waals surface area contributed by atoms with E-state index in [-0.39, 0.29) is 0 Å². The van der Waals surface area contributed by atoms with Gasteiger partial charge in [-0.3, -0.25) is 0 Å². The molecule has 1 saturated carbocycles. The van der Waals surface area contributed by atoms with Crippen LogP contribution in [0.2, 0.25) is 0 Å². The maximum Gasteiger partial charge on any atom is 0.328 e. The summed E-state index contributed by atoms with van der Waals surface area (Å²) in [6.45, 7) is 0. The highest BCUT2D eigenvalue weighted by Crippen LogP contribution is 2.27. The minimum Gasteiger partial charge on any atom is -0.478 e. The summed E-state index contributed by atoms with van der Waals surface area (Å²) >= 11 is 0. The van der Waals surface area contributed by atoms with Crippen LogP contribution in [0.5, 0.6) is 0 Å². The highest BCUT2D eigenvalue weighted by Gasteiger charge is 2.13. The quantitative estimate of drug-likeness (QED) is 0.815. The standard InChI is InChI=1S/C16H20O2/c17-16(18)10-9-14-7-4-8-15(12-14)11-13-5-2-1-3-6-13/h4,7-10,12-13H,1-3,5-6,11H2,(H,17,18). The molecule has 0 radical (unpaired) electrons. The van der Waals surface area contributed by atoms with Gasteiger partial charge in [0.1, 0.15) is 0 Å². The Morgan fingerprint density at radius 1 is 1.28 bits per heavy atom. The van der Waals surface area contributed by atoms with Crippen molar-refractivity contribution in [3.63, 3.8) is 0 Å². The third-order valence-corrected chi connectivity index (χ3v) is 3.62. The van der Waals surface area contributed by atoms with E-state index in [9.17, 15) is 4.79 Å². The maximum atomic E-state index is 10.5. The number of carboxylic acids is 1. The SMILES string of the molecule is O=C(O)C=Cc1cccc(CC2CCCCC2)c1. The molecule has 0 unspecified atom stereocenters. The molecule has 0 heterocycles. The minimum absolute atomic E-state index is 0.817. The second-order valence-corrected chi connectivity index (χ2v) is 5.12. The van der Waals surface area contributed by atoms with Gasteiger partial charge in [0.25, 0.3) is 0 Å². The smallest absolute Gasteiger partial charge is 0.328 e. The van der Waals surface area contributed by atoms with Crippen LogP contribution in [0, 0.1) is 5.92 Å². The summed E-state index contributed by atoms with van der Waals surface area (Å²) in [5.74, 6) is -0.0786. The summed E-state index contributed by atoms with van der Waals surface area (Å²) in [7, 11) is 0. The number of rotatable bonds is 4. The number of carboxylic acid groups (broad SMARTS) is 1. The lowest BCUT2D eigenvalue weighted by Gasteiger charge is -2.21. The summed E-state index contributed by atoms with van der Waals surface area (Å²) in [6.07, 6.45) is 10.8. The van der Waals surface area contributed by atoms with Gasteiger partial charge in [0.2, 0.25) is 0 Å². The molecule has 1 aliphatic carbocycles. The summed E-state index contributed by atoms with van der Waals surface area (Å²) in [4.78, 5) is 10.5. The van der Waals surface area contributed by atoms with Crippen molar-refractivity contribution in [2.24, 2.45) is 5.92 Å². The number of aliphatic carboxylic acids is 1. The normalized spacial score (nSPS) is 17.1. The first kappa shape index (κ1) is 12.9. The zero-order valence-electron chi connectivity index (χ0n) is 10.6. The molecule has 0 aromatic heterocycles. The van der Waals surface area contributed by atoms with Gasteiger partial charge in [-0.1, -0.05) is 56.4 Å². The highest BCUT2D eigenvalue weighted by atomic mass is 16.4. The van der Waals surface area contributed by atoms with Gasteiger partial charge in [0, 0.05) is 6.08 Å². The van der Waals surface area contributed by atoms with E-state index in [4.69, 9.17) is 5.11 Å². The molecule has 2 heteroatoms. The molecule has 18 heavy (non-hydrogen) atoms. The van der Waals surface area contributed by atoms with Crippen LogP contribution in [0.15, 0.2) is 30.3 Å². The minimum atomic E-state index is -0.896. The summed E-state index contributed by atoms with van der Waals surface area (Å²) < 4.78 is 0. The molecule has 96 valence electrons. The zero-order chi connectivity index (χ0) is 12.8. The molecule has 0 amide bonds. The lowest BCUT2D eigenvalue weighted by Crippen LogP contribution is -2.09. The molecule has 0 spiro atoms. The number of benzene rings is 1. The van der Waals surface area contributed by atoms with Gasteiger partial charge in [-0.2, -0.15) is 0 Å². The molecule has 2 nitrogen and oxygen atoms in total. The van der Waals surface area contributed by atoms with E-state index in [0.29, 0.717) is 0 Å². The van der Waals surface area contributed by atoms with Crippen LogP contribution in [-0.2, 0) is 11.2 Å². The molecular formula is C16H20O2. The highest BCUT2D eigenvalue weighted by molar-refractivity contribution is 5.85. The molecule has 1 aromatic carbocycles. The number of carbonyl (C=O) groups is 1. The van der Waals surface area contributed by atoms with Gasteiger partial charge in [-0.25, -0.2) is 4.79 Å². The van der Waals surface area contributed by atoms with Crippen LogP contribution in [0.1, 0.15) is 43.2 Å². The van der Waals surface area contributed by atoms with Gasteiger partial charge >= 0.3 is 5.97 Å². The fourth-order valence-electron chi connectivity index (χ4n) is 2.72. The molecule has 0 saturated heterocycles.